The van der Waals surface area contributed by atoms with Crippen LogP contribution in [0.25, 0.3) is 0 Å². The third kappa shape index (κ3) is 4.64. The van der Waals surface area contributed by atoms with Gasteiger partial charge in [0.15, 0.2) is 11.0 Å². The number of carbonyl (C=O) groups excluding carboxylic acids is 1. The molecule has 0 bridgehead atoms. The molecule has 146 valence electrons. The number of hydrogen-bond acceptors (Lipinski definition) is 5. The van der Waals surface area contributed by atoms with Crippen LogP contribution in [0.5, 0.6) is 5.75 Å². The molecule has 0 unspecified atom stereocenters. The molecule has 7 heteroatoms. The zero-order valence-corrected chi connectivity index (χ0v) is 17.3. The van der Waals surface area contributed by atoms with Crippen LogP contribution < -0.4 is 4.74 Å². The van der Waals surface area contributed by atoms with Gasteiger partial charge in [0.2, 0.25) is 5.91 Å². The third-order valence-electron chi connectivity index (χ3n) is 5.18. The molecule has 1 aliphatic rings. The van der Waals surface area contributed by atoms with Crippen molar-refractivity contribution in [2.24, 2.45) is 7.05 Å². The van der Waals surface area contributed by atoms with Crippen LogP contribution in [-0.2, 0) is 18.4 Å². The van der Waals surface area contributed by atoms with Gasteiger partial charge in [-0.15, -0.1) is 10.2 Å². The molecule has 1 fully saturated rings. The minimum atomic E-state index is 0.181. The number of para-hydroxylation sites is 1. The number of nitrogens with zero attached hydrogens (tertiary/aromatic N) is 4. The van der Waals surface area contributed by atoms with Crippen molar-refractivity contribution in [2.45, 2.75) is 63.9 Å². The fourth-order valence-corrected chi connectivity index (χ4v) is 4.37. The van der Waals surface area contributed by atoms with Crippen LogP contribution in [0.1, 0.15) is 44.5 Å². The predicted molar refractivity (Wildman–Crippen MR) is 107 cm³/mol. The lowest BCUT2D eigenvalue weighted by Gasteiger charge is -2.39. The van der Waals surface area contributed by atoms with Crippen LogP contribution in [-0.4, -0.2) is 43.4 Å². The fraction of sp³-hybridized carbons (Fsp3) is 0.550. The molecule has 1 amide bonds. The second kappa shape index (κ2) is 8.78. The minimum Gasteiger partial charge on any atom is -0.485 e. The highest BCUT2D eigenvalue weighted by Crippen LogP contribution is 2.25. The van der Waals surface area contributed by atoms with Gasteiger partial charge in [0.1, 0.15) is 12.4 Å². The van der Waals surface area contributed by atoms with Crippen molar-refractivity contribution in [1.29, 1.82) is 0 Å². The lowest BCUT2D eigenvalue weighted by Crippen LogP contribution is -2.48. The molecule has 0 spiro atoms. The second-order valence-corrected chi connectivity index (χ2v) is 8.17. The van der Waals surface area contributed by atoms with E-state index in [2.05, 4.69) is 24.0 Å². The molecule has 27 heavy (non-hydrogen) atoms. The number of aryl methyl sites for hydroxylation is 1. The maximum Gasteiger partial charge on any atom is 0.233 e. The van der Waals surface area contributed by atoms with Crippen LogP contribution >= 0.6 is 11.8 Å². The summed E-state index contributed by atoms with van der Waals surface area (Å²) in [6.07, 6.45) is 3.38. The van der Waals surface area contributed by atoms with Crippen molar-refractivity contribution in [2.75, 3.05) is 5.75 Å². The summed E-state index contributed by atoms with van der Waals surface area (Å²) in [5.74, 6) is 2.16. The van der Waals surface area contributed by atoms with Gasteiger partial charge >= 0.3 is 0 Å². The van der Waals surface area contributed by atoms with Gasteiger partial charge in [-0.3, -0.25) is 4.79 Å². The number of aromatic nitrogens is 3. The Bertz CT molecular complexity index is 782. The SMILES string of the molecule is Cc1ccccc1OCc1nnc(SCC(=O)N2[C@@H](C)CCC[C@@H]2C)n1C. The molecule has 2 atom stereocenters. The van der Waals surface area contributed by atoms with E-state index in [0.29, 0.717) is 24.4 Å². The van der Waals surface area contributed by atoms with Crippen LogP contribution in [0.2, 0.25) is 0 Å². The first kappa shape index (κ1) is 19.7. The van der Waals surface area contributed by atoms with Crippen molar-refractivity contribution < 1.29 is 9.53 Å². The first-order valence-electron chi connectivity index (χ1n) is 9.48. The lowest BCUT2D eigenvalue weighted by molar-refractivity contribution is -0.134. The van der Waals surface area contributed by atoms with E-state index in [4.69, 9.17) is 4.74 Å². The molecule has 3 rings (SSSR count). The molecule has 1 aliphatic heterocycles. The summed E-state index contributed by atoms with van der Waals surface area (Å²) in [5, 5.41) is 9.19. The Hall–Kier alpha value is -2.02. The highest BCUT2D eigenvalue weighted by Gasteiger charge is 2.29. The normalized spacial score (nSPS) is 19.9. The highest BCUT2D eigenvalue weighted by atomic mass is 32.2. The van der Waals surface area contributed by atoms with Crippen molar-refractivity contribution in [3.05, 3.63) is 35.7 Å². The number of rotatable bonds is 6. The van der Waals surface area contributed by atoms with Gasteiger partial charge in [0.05, 0.1) is 5.75 Å². The van der Waals surface area contributed by atoms with Crippen LogP contribution in [0.15, 0.2) is 29.4 Å². The number of carbonyl (C=O) groups is 1. The van der Waals surface area contributed by atoms with Gasteiger partial charge in [0.25, 0.3) is 0 Å². The van der Waals surface area contributed by atoms with E-state index >= 15 is 0 Å². The first-order chi connectivity index (χ1) is 13.0. The van der Waals surface area contributed by atoms with E-state index in [9.17, 15) is 4.79 Å². The molecule has 0 saturated carbocycles. The zero-order chi connectivity index (χ0) is 19.4. The number of piperidine rings is 1. The third-order valence-corrected chi connectivity index (χ3v) is 6.19. The number of ether oxygens (including phenoxy) is 1. The second-order valence-electron chi connectivity index (χ2n) is 7.23. The number of benzene rings is 1. The Kier molecular flexibility index (Phi) is 6.42. The Morgan fingerprint density at radius 3 is 2.63 bits per heavy atom. The Labute approximate surface area is 165 Å². The summed E-state index contributed by atoms with van der Waals surface area (Å²) in [6, 6.07) is 8.54. The summed E-state index contributed by atoms with van der Waals surface area (Å²) in [7, 11) is 1.91. The molecule has 1 aromatic carbocycles. The molecule has 2 heterocycles. The standard InChI is InChI=1S/C20H28N4O2S/c1-14-8-5-6-11-17(14)26-12-18-21-22-20(23(18)4)27-13-19(25)24-15(2)9-7-10-16(24)3/h5-6,8,11,15-16H,7,9-10,12-13H2,1-4H3/t15-,16-/m0/s1. The van der Waals surface area contributed by atoms with E-state index in [1.54, 1.807) is 0 Å². The first-order valence-corrected chi connectivity index (χ1v) is 10.5. The van der Waals surface area contributed by atoms with Crippen molar-refractivity contribution in [1.82, 2.24) is 19.7 Å². The Balaban J connectivity index is 1.57. The highest BCUT2D eigenvalue weighted by molar-refractivity contribution is 7.99. The van der Waals surface area contributed by atoms with Gasteiger partial charge in [0, 0.05) is 19.1 Å². The number of hydrogen-bond donors (Lipinski definition) is 0. The Morgan fingerprint density at radius 2 is 1.93 bits per heavy atom. The minimum absolute atomic E-state index is 0.181. The molecule has 0 N–H and O–H groups in total. The molecule has 1 aromatic heterocycles. The van der Waals surface area contributed by atoms with E-state index in [-0.39, 0.29) is 5.91 Å². The monoisotopic (exact) mass is 388 g/mol. The van der Waals surface area contributed by atoms with Crippen LogP contribution in [0, 0.1) is 6.92 Å². The van der Waals surface area contributed by atoms with Gasteiger partial charge in [-0.2, -0.15) is 0 Å². The predicted octanol–water partition coefficient (Wildman–Crippen LogP) is 3.58. The van der Waals surface area contributed by atoms with Crippen LogP contribution in [0.4, 0.5) is 0 Å². The largest absolute Gasteiger partial charge is 0.485 e. The smallest absolute Gasteiger partial charge is 0.233 e. The maximum absolute atomic E-state index is 12.7. The number of likely N-dealkylation sites (tertiary alicyclic amines) is 1. The number of thioether (sulfide) groups is 1. The van der Waals surface area contributed by atoms with E-state index in [1.165, 1.54) is 18.2 Å². The Morgan fingerprint density at radius 1 is 1.22 bits per heavy atom. The van der Waals surface area contributed by atoms with Gasteiger partial charge in [-0.1, -0.05) is 30.0 Å². The lowest BCUT2D eigenvalue weighted by atomic mass is 9.98. The topological polar surface area (TPSA) is 60.3 Å². The average Bonchev–Trinajstić information content (AvgIpc) is 2.99. The van der Waals surface area contributed by atoms with Crippen LogP contribution in [0.3, 0.4) is 0 Å². The van der Waals surface area contributed by atoms with Gasteiger partial charge in [-0.25, -0.2) is 0 Å². The van der Waals surface area contributed by atoms with E-state index in [1.807, 2.05) is 47.7 Å². The van der Waals surface area contributed by atoms with Crippen molar-refractivity contribution >= 4 is 17.7 Å². The van der Waals surface area contributed by atoms with E-state index < -0.39 is 0 Å². The van der Waals surface area contributed by atoms with Gasteiger partial charge in [-0.05, 0) is 51.7 Å². The fourth-order valence-electron chi connectivity index (χ4n) is 3.57. The molecule has 6 nitrogen and oxygen atoms in total. The molecular weight excluding hydrogens is 360 g/mol. The maximum atomic E-state index is 12.7. The summed E-state index contributed by atoms with van der Waals surface area (Å²) >= 11 is 1.44. The van der Waals surface area contributed by atoms with Gasteiger partial charge < -0.3 is 14.2 Å². The summed E-state index contributed by atoms with van der Waals surface area (Å²) < 4.78 is 7.76. The quantitative estimate of drug-likeness (QED) is 0.708. The summed E-state index contributed by atoms with van der Waals surface area (Å²) in [4.78, 5) is 14.7. The summed E-state index contributed by atoms with van der Waals surface area (Å²) in [5.41, 5.74) is 1.09. The average molecular weight is 389 g/mol. The number of amides is 1. The molecule has 0 radical (unpaired) electrons. The molecular formula is C20H28N4O2S. The van der Waals surface area contributed by atoms with Crippen molar-refractivity contribution in [3.63, 3.8) is 0 Å². The van der Waals surface area contributed by atoms with Crippen molar-refractivity contribution in [3.8, 4) is 5.75 Å². The zero-order valence-electron chi connectivity index (χ0n) is 16.5. The summed E-state index contributed by atoms with van der Waals surface area (Å²) in [6.45, 7) is 6.65. The van der Waals surface area contributed by atoms with E-state index in [0.717, 1.165) is 35.1 Å². The molecule has 2 aromatic rings. The molecule has 1 saturated heterocycles. The molecule has 0 aliphatic carbocycles.